The minimum atomic E-state index is 0.551. The molecule has 1 nitrogen and oxygen atoms in total. The van der Waals surface area contributed by atoms with Crippen LogP contribution in [-0.2, 0) is 6.54 Å². The van der Waals surface area contributed by atoms with Crippen LogP contribution in [0.2, 0.25) is 0 Å². The maximum absolute atomic E-state index is 5.55. The number of hydrogen-bond acceptors (Lipinski definition) is 0. The number of nitrogens with zero attached hydrogens (tertiary/aromatic N) is 1. The summed E-state index contributed by atoms with van der Waals surface area (Å²) in [5.74, 6) is 3.32. The van der Waals surface area contributed by atoms with E-state index in [1.807, 2.05) is 0 Å². The first-order valence-corrected chi connectivity index (χ1v) is 7.33. The van der Waals surface area contributed by atoms with Crippen molar-refractivity contribution in [3.8, 4) is 23.6 Å². The molecule has 3 aromatic rings. The molecule has 0 saturated heterocycles. The minimum Gasteiger partial charge on any atom is -0.329 e. The van der Waals surface area contributed by atoms with Gasteiger partial charge in [0.05, 0.1) is 6.54 Å². The van der Waals surface area contributed by atoms with Crippen LogP contribution in [0.4, 0.5) is 0 Å². The van der Waals surface area contributed by atoms with Gasteiger partial charge in [-0.05, 0) is 29.2 Å². The molecule has 0 unspecified atom stereocenters. The van der Waals surface area contributed by atoms with Crippen LogP contribution in [0.5, 0.6) is 0 Å². The van der Waals surface area contributed by atoms with Gasteiger partial charge in [0.15, 0.2) is 0 Å². The number of para-hydroxylation sites is 1. The Morgan fingerprint density at radius 1 is 1.05 bits per heavy atom. The monoisotopic (exact) mass is 273 g/mol. The first-order valence-electron chi connectivity index (χ1n) is 7.33. The molecular weight excluding hydrogens is 254 g/mol. The van der Waals surface area contributed by atoms with Gasteiger partial charge in [-0.25, -0.2) is 0 Å². The van der Waals surface area contributed by atoms with Gasteiger partial charge in [-0.3, -0.25) is 0 Å². The van der Waals surface area contributed by atoms with Crippen molar-refractivity contribution in [2.24, 2.45) is 0 Å². The van der Waals surface area contributed by atoms with Crippen molar-refractivity contribution in [1.82, 2.24) is 4.57 Å². The van der Waals surface area contributed by atoms with E-state index in [1.54, 1.807) is 0 Å². The summed E-state index contributed by atoms with van der Waals surface area (Å²) in [6.45, 7) is 5.02. The topological polar surface area (TPSA) is 4.93 Å². The first kappa shape index (κ1) is 13.5. The zero-order valence-electron chi connectivity index (χ0n) is 12.5. The lowest BCUT2D eigenvalue weighted by atomic mass is 10.0. The third kappa shape index (κ3) is 2.45. The van der Waals surface area contributed by atoms with Crippen molar-refractivity contribution in [3.05, 3.63) is 60.2 Å². The Labute approximate surface area is 126 Å². The molecule has 3 rings (SSSR count). The zero-order valence-corrected chi connectivity index (χ0v) is 12.5. The molecule has 0 N–H and O–H groups in total. The lowest BCUT2D eigenvalue weighted by Gasteiger charge is -2.10. The third-order valence-corrected chi connectivity index (χ3v) is 3.93. The second-order valence-corrected chi connectivity index (χ2v) is 5.66. The van der Waals surface area contributed by atoms with E-state index in [9.17, 15) is 0 Å². The van der Waals surface area contributed by atoms with Gasteiger partial charge in [0.25, 0.3) is 0 Å². The summed E-state index contributed by atoms with van der Waals surface area (Å²) in [5.41, 5.74) is 4.95. The molecule has 1 heterocycles. The van der Waals surface area contributed by atoms with Crippen molar-refractivity contribution in [2.45, 2.75) is 26.3 Å². The smallest absolute Gasteiger partial charge is 0.0841 e. The molecule has 0 amide bonds. The largest absolute Gasteiger partial charge is 0.329 e. The highest BCUT2D eigenvalue weighted by molar-refractivity contribution is 5.87. The van der Waals surface area contributed by atoms with Gasteiger partial charge in [-0.15, -0.1) is 6.42 Å². The zero-order chi connectivity index (χ0) is 14.8. The summed E-state index contributed by atoms with van der Waals surface area (Å²) < 4.78 is 2.21. The van der Waals surface area contributed by atoms with Gasteiger partial charge in [-0.2, -0.15) is 0 Å². The Morgan fingerprint density at radius 2 is 1.76 bits per heavy atom. The number of hydrogen-bond donors (Lipinski definition) is 0. The molecule has 21 heavy (non-hydrogen) atoms. The van der Waals surface area contributed by atoms with E-state index in [-0.39, 0.29) is 0 Å². The molecule has 0 atom stereocenters. The van der Waals surface area contributed by atoms with E-state index >= 15 is 0 Å². The van der Waals surface area contributed by atoms with Crippen LogP contribution in [0.3, 0.4) is 0 Å². The summed E-state index contributed by atoms with van der Waals surface area (Å²) >= 11 is 0. The molecular formula is C20H19N. The van der Waals surface area contributed by atoms with Crippen molar-refractivity contribution in [2.75, 3.05) is 0 Å². The van der Waals surface area contributed by atoms with E-state index < -0.39 is 0 Å². The molecule has 0 spiro atoms. The summed E-state index contributed by atoms with van der Waals surface area (Å²) in [6.07, 6.45) is 5.55. The Balaban J connectivity index is 2.15. The molecule has 0 aliphatic carbocycles. The molecule has 1 heteroatoms. The lowest BCUT2D eigenvalue weighted by Crippen LogP contribution is -1.98. The highest BCUT2D eigenvalue weighted by Crippen LogP contribution is 2.29. The molecule has 0 aliphatic rings. The number of benzene rings is 2. The van der Waals surface area contributed by atoms with Gasteiger partial charge < -0.3 is 4.57 Å². The van der Waals surface area contributed by atoms with Crippen LogP contribution in [0.25, 0.3) is 22.2 Å². The Morgan fingerprint density at radius 3 is 2.43 bits per heavy atom. The molecule has 0 radical (unpaired) electrons. The van der Waals surface area contributed by atoms with Crippen molar-refractivity contribution >= 4 is 10.9 Å². The van der Waals surface area contributed by atoms with Crippen LogP contribution in [0.1, 0.15) is 25.3 Å². The van der Waals surface area contributed by atoms with E-state index in [2.05, 4.69) is 78.9 Å². The Kier molecular flexibility index (Phi) is 3.54. The molecule has 2 aromatic carbocycles. The number of aromatic nitrogens is 1. The maximum atomic E-state index is 5.55. The molecule has 0 aliphatic heterocycles. The van der Waals surface area contributed by atoms with Gasteiger partial charge in [0.2, 0.25) is 0 Å². The highest BCUT2D eigenvalue weighted by atomic mass is 15.0. The van der Waals surface area contributed by atoms with Crippen molar-refractivity contribution in [3.63, 3.8) is 0 Å². The Bertz CT molecular complexity index is 798. The standard InChI is InChI=1S/C20H19N/c1-4-13-21-19-8-6-5-7-18(19)14-20(21)17-11-9-16(10-12-17)15(2)3/h1,5-12,14-15H,13H2,2-3H3. The van der Waals surface area contributed by atoms with E-state index in [4.69, 9.17) is 6.42 Å². The SMILES string of the molecule is C#CCn1c(-c2ccc(C(C)C)cc2)cc2ccccc21. The quantitative estimate of drug-likeness (QED) is 0.587. The van der Waals surface area contributed by atoms with Gasteiger partial charge in [0, 0.05) is 16.6 Å². The van der Waals surface area contributed by atoms with Crippen LogP contribution < -0.4 is 0 Å². The summed E-state index contributed by atoms with van der Waals surface area (Å²) in [6, 6.07) is 19.4. The number of terminal acetylenes is 1. The lowest BCUT2D eigenvalue weighted by molar-refractivity contribution is 0.865. The fourth-order valence-corrected chi connectivity index (χ4v) is 2.75. The van der Waals surface area contributed by atoms with Gasteiger partial charge >= 0.3 is 0 Å². The van der Waals surface area contributed by atoms with Crippen molar-refractivity contribution in [1.29, 1.82) is 0 Å². The fraction of sp³-hybridized carbons (Fsp3) is 0.200. The molecule has 104 valence electrons. The molecule has 0 fully saturated rings. The summed E-state index contributed by atoms with van der Waals surface area (Å²) in [5, 5.41) is 1.23. The predicted molar refractivity (Wildman–Crippen MR) is 90.3 cm³/mol. The van der Waals surface area contributed by atoms with Crippen LogP contribution in [-0.4, -0.2) is 4.57 Å². The number of rotatable bonds is 3. The minimum absolute atomic E-state index is 0.551. The molecule has 1 aromatic heterocycles. The van der Waals surface area contributed by atoms with E-state index in [1.165, 1.54) is 27.7 Å². The molecule has 0 saturated carbocycles. The van der Waals surface area contributed by atoms with E-state index in [0.717, 1.165) is 0 Å². The average Bonchev–Trinajstić information content (AvgIpc) is 2.87. The average molecular weight is 273 g/mol. The highest BCUT2D eigenvalue weighted by Gasteiger charge is 2.10. The third-order valence-electron chi connectivity index (χ3n) is 3.93. The van der Waals surface area contributed by atoms with Crippen LogP contribution >= 0.6 is 0 Å². The van der Waals surface area contributed by atoms with Gasteiger partial charge in [0.1, 0.15) is 0 Å². The van der Waals surface area contributed by atoms with E-state index in [0.29, 0.717) is 12.5 Å². The second kappa shape index (κ2) is 5.50. The summed E-state index contributed by atoms with van der Waals surface area (Å²) in [7, 11) is 0. The summed E-state index contributed by atoms with van der Waals surface area (Å²) in [4.78, 5) is 0. The van der Waals surface area contributed by atoms with Crippen molar-refractivity contribution < 1.29 is 0 Å². The second-order valence-electron chi connectivity index (χ2n) is 5.66. The number of fused-ring (bicyclic) bond motifs is 1. The normalized spacial score (nSPS) is 11.0. The first-order chi connectivity index (χ1) is 10.2. The predicted octanol–water partition coefficient (Wildman–Crippen LogP) is 5.06. The Hall–Kier alpha value is -2.46. The maximum Gasteiger partial charge on any atom is 0.0841 e. The van der Waals surface area contributed by atoms with Crippen LogP contribution in [0, 0.1) is 12.3 Å². The molecule has 0 bridgehead atoms. The van der Waals surface area contributed by atoms with Crippen LogP contribution in [0.15, 0.2) is 54.6 Å². The van der Waals surface area contributed by atoms with Gasteiger partial charge in [-0.1, -0.05) is 62.2 Å². The fourth-order valence-electron chi connectivity index (χ4n) is 2.75.